The molecule has 0 bridgehead atoms. The van der Waals surface area contributed by atoms with Crippen LogP contribution in [-0.4, -0.2) is 21.7 Å². The van der Waals surface area contributed by atoms with E-state index in [-0.39, 0.29) is 0 Å². The molecule has 0 amide bonds. The maximum atomic E-state index is 4.23. The van der Waals surface area contributed by atoms with Gasteiger partial charge in [-0.25, -0.2) is 4.98 Å². The first-order valence-corrected chi connectivity index (χ1v) is 5.90. The van der Waals surface area contributed by atoms with Crippen LogP contribution in [0.2, 0.25) is 0 Å². The van der Waals surface area contributed by atoms with Gasteiger partial charge in [-0.05, 0) is 18.9 Å². The van der Waals surface area contributed by atoms with Crippen LogP contribution in [0.3, 0.4) is 0 Å². The van der Waals surface area contributed by atoms with Crippen molar-refractivity contribution in [2.24, 2.45) is 5.92 Å². The molecule has 1 aromatic heterocycles. The Balaban J connectivity index is 2.58. The quantitative estimate of drug-likeness (QED) is 0.726. The fraction of sp³-hybridized carbons (Fsp3) is 0.818. The van der Waals surface area contributed by atoms with Crippen molar-refractivity contribution in [2.75, 3.05) is 6.54 Å². The van der Waals surface area contributed by atoms with E-state index < -0.39 is 0 Å². The first kappa shape index (κ1) is 12.2. The second-order valence-electron chi connectivity index (χ2n) is 3.90. The zero-order valence-electron chi connectivity index (χ0n) is 9.95. The van der Waals surface area contributed by atoms with E-state index in [0.717, 1.165) is 24.7 Å². The largest absolute Gasteiger partial charge is 0.308 e. The van der Waals surface area contributed by atoms with Gasteiger partial charge in [-0.3, -0.25) is 5.10 Å². The molecule has 0 fully saturated rings. The maximum Gasteiger partial charge on any atom is 0.141 e. The highest BCUT2D eigenvalue weighted by atomic mass is 15.2. The molecule has 0 aromatic carbocycles. The van der Waals surface area contributed by atoms with Crippen molar-refractivity contribution >= 4 is 0 Å². The molecule has 4 nitrogen and oxygen atoms in total. The fourth-order valence-corrected chi connectivity index (χ4v) is 1.88. The van der Waals surface area contributed by atoms with Crippen LogP contribution in [0.15, 0.2) is 6.33 Å². The molecule has 0 saturated carbocycles. The van der Waals surface area contributed by atoms with E-state index in [9.17, 15) is 0 Å². The molecule has 1 heterocycles. The zero-order valence-corrected chi connectivity index (χ0v) is 9.95. The van der Waals surface area contributed by atoms with Crippen molar-refractivity contribution in [2.45, 2.75) is 46.1 Å². The van der Waals surface area contributed by atoms with Crippen molar-refractivity contribution in [3.63, 3.8) is 0 Å². The minimum absolute atomic E-state index is 0.322. The minimum Gasteiger partial charge on any atom is -0.308 e. The van der Waals surface area contributed by atoms with Gasteiger partial charge in [-0.15, -0.1) is 0 Å². The van der Waals surface area contributed by atoms with E-state index in [1.807, 2.05) is 0 Å². The minimum atomic E-state index is 0.322. The summed E-state index contributed by atoms with van der Waals surface area (Å²) in [6, 6.07) is 0.322. The van der Waals surface area contributed by atoms with Crippen LogP contribution < -0.4 is 5.32 Å². The van der Waals surface area contributed by atoms with Crippen molar-refractivity contribution in [3.8, 4) is 0 Å². The van der Waals surface area contributed by atoms with Gasteiger partial charge in [0.1, 0.15) is 12.2 Å². The van der Waals surface area contributed by atoms with E-state index in [1.54, 1.807) is 6.33 Å². The summed E-state index contributed by atoms with van der Waals surface area (Å²) >= 11 is 0. The summed E-state index contributed by atoms with van der Waals surface area (Å²) in [6.07, 6.45) is 5.17. The maximum absolute atomic E-state index is 4.23. The molecular formula is C11H22N4. The summed E-state index contributed by atoms with van der Waals surface area (Å²) in [7, 11) is 0. The lowest BCUT2D eigenvalue weighted by Gasteiger charge is -2.20. The second-order valence-corrected chi connectivity index (χ2v) is 3.90. The Bertz CT molecular complexity index is 241. The van der Waals surface area contributed by atoms with Crippen LogP contribution in [-0.2, 0) is 0 Å². The third-order valence-corrected chi connectivity index (χ3v) is 2.94. The molecule has 0 aliphatic carbocycles. The van der Waals surface area contributed by atoms with Crippen LogP contribution in [0.25, 0.3) is 0 Å². The van der Waals surface area contributed by atoms with Gasteiger partial charge in [0, 0.05) is 0 Å². The predicted octanol–water partition coefficient (Wildman–Crippen LogP) is 2.28. The molecule has 2 N–H and O–H groups in total. The lowest BCUT2D eigenvalue weighted by Crippen LogP contribution is -2.24. The first-order valence-electron chi connectivity index (χ1n) is 5.90. The van der Waals surface area contributed by atoms with E-state index in [4.69, 9.17) is 0 Å². The molecular weight excluding hydrogens is 188 g/mol. The molecule has 15 heavy (non-hydrogen) atoms. The SMILES string of the molecule is CCNC(CC(CC)CC)c1ncn[nH]1. The van der Waals surface area contributed by atoms with Crippen molar-refractivity contribution in [1.29, 1.82) is 0 Å². The highest BCUT2D eigenvalue weighted by molar-refractivity contribution is 4.91. The van der Waals surface area contributed by atoms with E-state index >= 15 is 0 Å². The standard InChI is InChI=1S/C11H22N4/c1-4-9(5-2)7-10(12-6-3)11-13-8-14-15-11/h8-10,12H,4-7H2,1-3H3,(H,13,14,15). The number of aromatic nitrogens is 3. The van der Waals surface area contributed by atoms with Gasteiger partial charge in [-0.2, -0.15) is 5.10 Å². The Kier molecular flexibility index (Phi) is 5.32. The highest BCUT2D eigenvalue weighted by Gasteiger charge is 2.17. The Morgan fingerprint density at radius 3 is 2.53 bits per heavy atom. The number of H-pyrrole nitrogens is 1. The van der Waals surface area contributed by atoms with Gasteiger partial charge in [0.05, 0.1) is 6.04 Å². The third kappa shape index (κ3) is 3.63. The molecule has 1 aromatic rings. The molecule has 1 atom stereocenters. The third-order valence-electron chi connectivity index (χ3n) is 2.94. The molecule has 0 aliphatic rings. The fourth-order valence-electron chi connectivity index (χ4n) is 1.88. The van der Waals surface area contributed by atoms with Crippen LogP contribution in [0, 0.1) is 5.92 Å². The van der Waals surface area contributed by atoms with E-state index in [1.165, 1.54) is 12.8 Å². The van der Waals surface area contributed by atoms with E-state index in [2.05, 4.69) is 41.3 Å². The highest BCUT2D eigenvalue weighted by Crippen LogP contribution is 2.22. The monoisotopic (exact) mass is 210 g/mol. The Labute approximate surface area is 91.9 Å². The zero-order chi connectivity index (χ0) is 11.1. The van der Waals surface area contributed by atoms with Gasteiger partial charge < -0.3 is 5.32 Å². The topological polar surface area (TPSA) is 53.6 Å². The normalized spacial score (nSPS) is 13.3. The summed E-state index contributed by atoms with van der Waals surface area (Å²) in [6.45, 7) is 7.58. The van der Waals surface area contributed by atoms with Gasteiger partial charge >= 0.3 is 0 Å². The van der Waals surface area contributed by atoms with Crippen LogP contribution in [0.1, 0.15) is 51.9 Å². The number of hydrogen-bond acceptors (Lipinski definition) is 3. The summed E-state index contributed by atoms with van der Waals surface area (Å²) in [5.41, 5.74) is 0. The van der Waals surface area contributed by atoms with Gasteiger partial charge in [0.15, 0.2) is 0 Å². The number of nitrogens with zero attached hydrogens (tertiary/aromatic N) is 2. The van der Waals surface area contributed by atoms with Crippen molar-refractivity contribution in [1.82, 2.24) is 20.5 Å². The summed E-state index contributed by atoms with van der Waals surface area (Å²) in [5.74, 6) is 1.72. The van der Waals surface area contributed by atoms with Gasteiger partial charge in [0.25, 0.3) is 0 Å². The number of hydrogen-bond donors (Lipinski definition) is 2. The van der Waals surface area contributed by atoms with Crippen LogP contribution >= 0.6 is 0 Å². The smallest absolute Gasteiger partial charge is 0.141 e. The molecule has 0 spiro atoms. The number of aromatic amines is 1. The Hall–Kier alpha value is -0.900. The Morgan fingerprint density at radius 1 is 1.33 bits per heavy atom. The molecule has 0 radical (unpaired) electrons. The lowest BCUT2D eigenvalue weighted by atomic mass is 9.94. The number of nitrogens with one attached hydrogen (secondary N) is 2. The Morgan fingerprint density at radius 2 is 2.07 bits per heavy atom. The molecule has 4 heteroatoms. The molecule has 86 valence electrons. The molecule has 0 aliphatic heterocycles. The van der Waals surface area contributed by atoms with Gasteiger partial charge in [0.2, 0.25) is 0 Å². The number of rotatable bonds is 7. The second kappa shape index (κ2) is 6.56. The first-order chi connectivity index (χ1) is 7.31. The van der Waals surface area contributed by atoms with Crippen molar-refractivity contribution in [3.05, 3.63) is 12.2 Å². The van der Waals surface area contributed by atoms with Gasteiger partial charge in [-0.1, -0.05) is 33.6 Å². The van der Waals surface area contributed by atoms with E-state index in [0.29, 0.717) is 6.04 Å². The average molecular weight is 210 g/mol. The van der Waals surface area contributed by atoms with Crippen LogP contribution in [0.5, 0.6) is 0 Å². The molecule has 1 unspecified atom stereocenters. The summed E-state index contributed by atoms with van der Waals surface area (Å²) in [5, 5.41) is 10.3. The summed E-state index contributed by atoms with van der Waals surface area (Å²) < 4.78 is 0. The lowest BCUT2D eigenvalue weighted by molar-refractivity contribution is 0.366. The van der Waals surface area contributed by atoms with Crippen LogP contribution in [0.4, 0.5) is 0 Å². The molecule has 1 rings (SSSR count). The summed E-state index contributed by atoms with van der Waals surface area (Å²) in [4.78, 5) is 4.23. The average Bonchev–Trinajstić information content (AvgIpc) is 2.77. The predicted molar refractivity (Wildman–Crippen MR) is 61.5 cm³/mol. The molecule has 0 saturated heterocycles. The van der Waals surface area contributed by atoms with Crippen molar-refractivity contribution < 1.29 is 0 Å².